The quantitative estimate of drug-likeness (QED) is 0.687. The zero-order valence-corrected chi connectivity index (χ0v) is 15.8. The smallest absolute Gasteiger partial charge is 0.258 e. The Morgan fingerprint density at radius 2 is 1.71 bits per heavy atom. The van der Waals surface area contributed by atoms with Crippen LogP contribution in [0.15, 0.2) is 48.8 Å². The van der Waals surface area contributed by atoms with Gasteiger partial charge in [-0.3, -0.25) is 4.79 Å². The normalized spacial score (nSPS) is 12.4. The minimum atomic E-state index is -0.314. The third-order valence-electron chi connectivity index (χ3n) is 4.14. The Balaban J connectivity index is 1.43. The van der Waals surface area contributed by atoms with Crippen LogP contribution in [0.3, 0.4) is 0 Å². The summed E-state index contributed by atoms with van der Waals surface area (Å²) >= 11 is 6.08. The third-order valence-corrected chi connectivity index (χ3v) is 4.55. The molecule has 1 aliphatic rings. The van der Waals surface area contributed by atoms with E-state index in [1.165, 1.54) is 12.4 Å². The van der Waals surface area contributed by atoms with Crippen molar-refractivity contribution in [3.8, 4) is 11.5 Å². The van der Waals surface area contributed by atoms with Crippen LogP contribution in [0.2, 0.25) is 5.02 Å². The summed E-state index contributed by atoms with van der Waals surface area (Å²) in [6, 6.07) is 10.8. The lowest BCUT2D eigenvalue weighted by Crippen LogP contribution is -2.15. The van der Waals surface area contributed by atoms with E-state index in [0.717, 1.165) is 11.3 Å². The van der Waals surface area contributed by atoms with Crippen LogP contribution < -0.4 is 20.1 Å². The number of anilines is 3. The maximum atomic E-state index is 12.4. The van der Waals surface area contributed by atoms with Crippen molar-refractivity contribution < 1.29 is 14.3 Å². The molecule has 0 fully saturated rings. The van der Waals surface area contributed by atoms with E-state index in [2.05, 4.69) is 20.6 Å². The van der Waals surface area contributed by atoms with Gasteiger partial charge in [-0.05, 0) is 36.8 Å². The van der Waals surface area contributed by atoms with Crippen molar-refractivity contribution in [1.82, 2.24) is 9.97 Å². The largest absolute Gasteiger partial charge is 0.486 e. The minimum absolute atomic E-state index is 0.314. The van der Waals surface area contributed by atoms with Gasteiger partial charge in [0.2, 0.25) is 5.95 Å². The topological polar surface area (TPSA) is 85.4 Å². The first-order valence-corrected chi connectivity index (χ1v) is 9.02. The Hall–Kier alpha value is -3.32. The molecule has 0 spiro atoms. The average molecular weight is 397 g/mol. The summed E-state index contributed by atoms with van der Waals surface area (Å²) in [4.78, 5) is 20.8. The van der Waals surface area contributed by atoms with E-state index in [1.807, 2.05) is 31.2 Å². The lowest BCUT2D eigenvalue weighted by molar-refractivity contribution is 0.102. The number of fused-ring (bicyclic) bond motifs is 1. The summed E-state index contributed by atoms with van der Waals surface area (Å²) in [5.74, 6) is 1.43. The Bertz CT molecular complexity index is 1020. The zero-order valence-electron chi connectivity index (χ0n) is 15.0. The molecule has 1 aliphatic heterocycles. The van der Waals surface area contributed by atoms with Gasteiger partial charge in [-0.15, -0.1) is 0 Å². The lowest BCUT2D eigenvalue weighted by atomic mass is 10.2. The first-order chi connectivity index (χ1) is 13.6. The summed E-state index contributed by atoms with van der Waals surface area (Å²) < 4.78 is 11.1. The standard InChI is InChI=1S/C20H17ClN4O3/c1-12-2-3-14(8-16(12)21)24-19(26)13-10-22-20(23-11-13)25-15-4-5-17-18(9-15)28-7-6-27-17/h2-5,8-11H,6-7H2,1H3,(H,24,26)(H,22,23,25). The number of hydrogen-bond acceptors (Lipinski definition) is 6. The molecule has 0 aliphatic carbocycles. The van der Waals surface area contributed by atoms with Gasteiger partial charge in [0, 0.05) is 34.9 Å². The fourth-order valence-electron chi connectivity index (χ4n) is 2.63. The van der Waals surface area contributed by atoms with Crippen LogP contribution >= 0.6 is 11.6 Å². The fraction of sp³-hybridized carbons (Fsp3) is 0.150. The molecule has 4 rings (SSSR count). The number of carbonyl (C=O) groups excluding carboxylic acids is 1. The monoisotopic (exact) mass is 396 g/mol. The Labute approximate surface area is 166 Å². The van der Waals surface area contributed by atoms with Crippen LogP contribution in [0.25, 0.3) is 0 Å². The van der Waals surface area contributed by atoms with Crippen molar-refractivity contribution in [1.29, 1.82) is 0 Å². The summed E-state index contributed by atoms with van der Waals surface area (Å²) in [5, 5.41) is 6.44. The first kappa shape index (κ1) is 18.1. The SMILES string of the molecule is Cc1ccc(NC(=O)c2cnc(Nc3ccc4c(c3)OCCO4)nc2)cc1Cl. The molecule has 142 valence electrons. The van der Waals surface area contributed by atoms with E-state index in [-0.39, 0.29) is 5.91 Å². The number of nitrogens with one attached hydrogen (secondary N) is 2. The molecule has 2 aromatic carbocycles. The van der Waals surface area contributed by atoms with E-state index in [1.54, 1.807) is 12.1 Å². The van der Waals surface area contributed by atoms with Crippen molar-refractivity contribution in [3.63, 3.8) is 0 Å². The average Bonchev–Trinajstić information content (AvgIpc) is 2.71. The predicted molar refractivity (Wildman–Crippen MR) is 107 cm³/mol. The predicted octanol–water partition coefficient (Wildman–Crippen LogP) is 4.21. The summed E-state index contributed by atoms with van der Waals surface area (Å²) in [7, 11) is 0. The van der Waals surface area contributed by atoms with Gasteiger partial charge >= 0.3 is 0 Å². The second-order valence-electron chi connectivity index (χ2n) is 6.20. The van der Waals surface area contributed by atoms with Gasteiger partial charge in [-0.2, -0.15) is 0 Å². The summed E-state index contributed by atoms with van der Waals surface area (Å²) in [6.07, 6.45) is 2.91. The van der Waals surface area contributed by atoms with Crippen molar-refractivity contribution in [2.75, 3.05) is 23.8 Å². The van der Waals surface area contributed by atoms with E-state index in [4.69, 9.17) is 21.1 Å². The van der Waals surface area contributed by atoms with Crippen LogP contribution in [0.1, 0.15) is 15.9 Å². The molecule has 1 aromatic heterocycles. The molecule has 0 bridgehead atoms. The highest BCUT2D eigenvalue weighted by Crippen LogP contribution is 2.33. The number of benzene rings is 2. The maximum absolute atomic E-state index is 12.4. The molecule has 7 nitrogen and oxygen atoms in total. The van der Waals surface area contributed by atoms with Crippen molar-refractivity contribution in [3.05, 3.63) is 64.9 Å². The number of amides is 1. The molecule has 8 heteroatoms. The number of ether oxygens (including phenoxy) is 2. The van der Waals surface area contributed by atoms with Gasteiger partial charge in [-0.1, -0.05) is 17.7 Å². The molecule has 0 atom stereocenters. The Kier molecular flexibility index (Phi) is 4.99. The summed E-state index contributed by atoms with van der Waals surface area (Å²) in [5.41, 5.74) is 2.65. The number of halogens is 1. The Morgan fingerprint density at radius 3 is 2.46 bits per heavy atom. The number of hydrogen-bond donors (Lipinski definition) is 2. The number of carbonyl (C=O) groups is 1. The number of aryl methyl sites for hydroxylation is 1. The van der Waals surface area contributed by atoms with Gasteiger partial charge in [0.15, 0.2) is 11.5 Å². The molecule has 0 unspecified atom stereocenters. The van der Waals surface area contributed by atoms with Crippen LogP contribution in [-0.2, 0) is 0 Å². The maximum Gasteiger partial charge on any atom is 0.258 e. The number of aromatic nitrogens is 2. The molecule has 28 heavy (non-hydrogen) atoms. The van der Waals surface area contributed by atoms with Gasteiger partial charge in [0.05, 0.1) is 5.56 Å². The Morgan fingerprint density at radius 1 is 1.00 bits per heavy atom. The van der Waals surface area contributed by atoms with E-state index >= 15 is 0 Å². The highest BCUT2D eigenvalue weighted by Gasteiger charge is 2.13. The minimum Gasteiger partial charge on any atom is -0.486 e. The molecular weight excluding hydrogens is 380 g/mol. The molecule has 1 amide bonds. The zero-order chi connectivity index (χ0) is 19.5. The van der Waals surface area contributed by atoms with Gasteiger partial charge < -0.3 is 20.1 Å². The van der Waals surface area contributed by atoms with Crippen molar-refractivity contribution in [2.45, 2.75) is 6.92 Å². The second-order valence-corrected chi connectivity index (χ2v) is 6.60. The molecule has 2 heterocycles. The van der Waals surface area contributed by atoms with Crippen molar-refractivity contribution in [2.24, 2.45) is 0 Å². The molecule has 0 saturated carbocycles. The lowest BCUT2D eigenvalue weighted by Gasteiger charge is -2.18. The molecule has 0 radical (unpaired) electrons. The van der Waals surface area contributed by atoms with Crippen LogP contribution in [-0.4, -0.2) is 29.1 Å². The first-order valence-electron chi connectivity index (χ1n) is 8.65. The molecular formula is C20H17ClN4O3. The fourth-order valence-corrected chi connectivity index (χ4v) is 2.81. The van der Waals surface area contributed by atoms with Crippen molar-refractivity contribution >= 4 is 34.8 Å². The van der Waals surface area contributed by atoms with Gasteiger partial charge in [-0.25, -0.2) is 9.97 Å². The van der Waals surface area contributed by atoms with Gasteiger partial charge in [0.25, 0.3) is 5.91 Å². The van der Waals surface area contributed by atoms with Crippen LogP contribution in [0.5, 0.6) is 11.5 Å². The third kappa shape index (κ3) is 3.99. The second kappa shape index (κ2) is 7.74. The highest BCUT2D eigenvalue weighted by atomic mass is 35.5. The number of rotatable bonds is 4. The molecule has 3 aromatic rings. The van der Waals surface area contributed by atoms with E-state index in [9.17, 15) is 4.79 Å². The summed E-state index contributed by atoms with van der Waals surface area (Å²) in [6.45, 7) is 2.96. The number of nitrogens with zero attached hydrogens (tertiary/aromatic N) is 2. The van der Waals surface area contributed by atoms with Crippen LogP contribution in [0, 0.1) is 6.92 Å². The highest BCUT2D eigenvalue weighted by molar-refractivity contribution is 6.31. The van der Waals surface area contributed by atoms with E-state index in [0.29, 0.717) is 46.9 Å². The van der Waals surface area contributed by atoms with E-state index < -0.39 is 0 Å². The molecule has 2 N–H and O–H groups in total. The molecule has 0 saturated heterocycles. The van der Waals surface area contributed by atoms with Crippen LogP contribution in [0.4, 0.5) is 17.3 Å². The van der Waals surface area contributed by atoms with Gasteiger partial charge in [0.1, 0.15) is 13.2 Å².